The number of halogens is 2. The zero-order chi connectivity index (χ0) is 16.6. The Morgan fingerprint density at radius 2 is 2.04 bits per heavy atom. The first-order valence-corrected chi connectivity index (χ1v) is 10.6. The molecule has 1 aliphatic heterocycles. The Kier molecular flexibility index (Phi) is 4.54. The predicted octanol–water partition coefficient (Wildman–Crippen LogP) is 3.66. The minimum absolute atomic E-state index is 0.117. The number of aromatic nitrogens is 2. The van der Waals surface area contributed by atoms with Crippen LogP contribution in [-0.4, -0.2) is 36.5 Å². The van der Waals surface area contributed by atoms with Crippen LogP contribution >= 0.6 is 34.7 Å². The lowest BCUT2D eigenvalue weighted by Gasteiger charge is -2.25. The van der Waals surface area contributed by atoms with E-state index in [1.54, 1.807) is 31.7 Å². The molecule has 1 aliphatic rings. The fraction of sp³-hybridized carbons (Fsp3) is 0.286. The molecule has 0 saturated heterocycles. The van der Waals surface area contributed by atoms with E-state index >= 15 is 0 Å². The molecular weight excluding hydrogens is 405 g/mol. The average Bonchev–Trinajstić information content (AvgIpc) is 2.49. The molecule has 122 valence electrons. The molecule has 1 aromatic carbocycles. The number of hydrogen-bond donors (Lipinski definition) is 1. The molecule has 0 atom stereocenters. The van der Waals surface area contributed by atoms with E-state index in [0.29, 0.717) is 46.0 Å². The van der Waals surface area contributed by atoms with Gasteiger partial charge in [-0.2, -0.15) is 4.98 Å². The topological polar surface area (TPSA) is 73.3 Å². The fourth-order valence-corrected chi connectivity index (χ4v) is 4.10. The van der Waals surface area contributed by atoms with E-state index in [9.17, 15) is 4.57 Å². The van der Waals surface area contributed by atoms with Crippen molar-refractivity contribution >= 4 is 51.5 Å². The van der Waals surface area contributed by atoms with Crippen LogP contribution in [0.2, 0.25) is 5.28 Å². The van der Waals surface area contributed by atoms with Gasteiger partial charge in [-0.05, 0) is 53.0 Å². The molecule has 1 N–H and O–H groups in total. The second-order valence-electron chi connectivity index (χ2n) is 5.30. The molecule has 0 spiro atoms. The largest absolute Gasteiger partial charge is 0.486 e. The maximum Gasteiger partial charge on any atom is 0.224 e. The molecule has 1 aromatic heterocycles. The smallest absolute Gasteiger partial charge is 0.224 e. The Labute approximate surface area is 147 Å². The molecule has 0 saturated carbocycles. The summed E-state index contributed by atoms with van der Waals surface area (Å²) in [5.74, 6) is 1.60. The summed E-state index contributed by atoms with van der Waals surface area (Å²) in [4.78, 5) is 8.03. The van der Waals surface area contributed by atoms with E-state index in [0.717, 1.165) is 0 Å². The van der Waals surface area contributed by atoms with Crippen molar-refractivity contribution in [3.8, 4) is 11.5 Å². The molecule has 9 heteroatoms. The third kappa shape index (κ3) is 3.47. The molecule has 3 rings (SSSR count). The van der Waals surface area contributed by atoms with Crippen LogP contribution in [0.15, 0.2) is 22.8 Å². The van der Waals surface area contributed by atoms with E-state index in [2.05, 4.69) is 31.2 Å². The standard InChI is InChI=1S/C14H14BrClN3O3P/c1-23(2,20)12-9(3-4-10-11(12)22-6-5-21-10)18-13-8(15)7-17-14(16)19-13/h3-4,7H,5-6H2,1-2H3,(H,17,18,19). The van der Waals surface area contributed by atoms with Crippen LogP contribution in [-0.2, 0) is 4.57 Å². The van der Waals surface area contributed by atoms with Gasteiger partial charge >= 0.3 is 0 Å². The lowest BCUT2D eigenvalue weighted by molar-refractivity contribution is 0.173. The molecule has 2 heterocycles. The quantitative estimate of drug-likeness (QED) is 0.606. The van der Waals surface area contributed by atoms with Gasteiger partial charge in [0.05, 0.1) is 15.5 Å². The van der Waals surface area contributed by atoms with Gasteiger partial charge in [0.1, 0.15) is 26.2 Å². The van der Waals surface area contributed by atoms with Crippen molar-refractivity contribution in [3.05, 3.63) is 28.1 Å². The van der Waals surface area contributed by atoms with Gasteiger partial charge in [0.25, 0.3) is 0 Å². The summed E-state index contributed by atoms with van der Waals surface area (Å²) >= 11 is 9.21. The summed E-state index contributed by atoms with van der Waals surface area (Å²) in [6, 6.07) is 3.58. The number of nitrogens with zero attached hydrogens (tertiary/aromatic N) is 2. The van der Waals surface area contributed by atoms with Crippen molar-refractivity contribution in [2.75, 3.05) is 31.9 Å². The first kappa shape index (κ1) is 16.6. The zero-order valence-electron chi connectivity index (χ0n) is 12.5. The summed E-state index contributed by atoms with van der Waals surface area (Å²) in [6.45, 7) is 4.28. The van der Waals surface area contributed by atoms with Gasteiger partial charge in [0.15, 0.2) is 11.5 Å². The lowest BCUT2D eigenvalue weighted by atomic mass is 10.2. The van der Waals surface area contributed by atoms with Crippen LogP contribution in [0.5, 0.6) is 11.5 Å². The summed E-state index contributed by atoms with van der Waals surface area (Å²) < 4.78 is 24.7. The second-order valence-corrected chi connectivity index (χ2v) is 9.64. The van der Waals surface area contributed by atoms with Gasteiger partial charge in [-0.3, -0.25) is 0 Å². The third-order valence-electron chi connectivity index (χ3n) is 3.19. The zero-order valence-corrected chi connectivity index (χ0v) is 15.7. The predicted molar refractivity (Wildman–Crippen MR) is 94.5 cm³/mol. The summed E-state index contributed by atoms with van der Waals surface area (Å²) in [5, 5.41) is 3.86. The Hall–Kier alpha value is -1.30. The van der Waals surface area contributed by atoms with Crippen molar-refractivity contribution in [2.24, 2.45) is 0 Å². The molecule has 0 aliphatic carbocycles. The maximum atomic E-state index is 12.8. The minimum atomic E-state index is -2.64. The summed E-state index contributed by atoms with van der Waals surface area (Å²) in [6.07, 6.45) is 1.55. The average molecular weight is 419 g/mol. The van der Waals surface area contributed by atoms with Crippen LogP contribution in [0, 0.1) is 0 Å². The molecule has 0 bridgehead atoms. The van der Waals surface area contributed by atoms with Crippen molar-refractivity contribution in [1.82, 2.24) is 9.97 Å². The normalized spacial score (nSPS) is 13.7. The number of benzene rings is 1. The molecule has 0 unspecified atom stereocenters. The monoisotopic (exact) mass is 417 g/mol. The fourth-order valence-electron chi connectivity index (χ4n) is 2.30. The SMILES string of the molecule is CP(C)(=O)c1c(Nc2nc(Cl)ncc2Br)ccc2c1OCCO2. The number of rotatable bonds is 3. The van der Waals surface area contributed by atoms with Crippen molar-refractivity contribution in [2.45, 2.75) is 0 Å². The molecule has 0 fully saturated rings. The highest BCUT2D eigenvalue weighted by Gasteiger charge is 2.27. The molecule has 6 nitrogen and oxygen atoms in total. The number of anilines is 2. The number of nitrogens with one attached hydrogen (secondary N) is 1. The van der Waals surface area contributed by atoms with Gasteiger partial charge in [-0.15, -0.1) is 0 Å². The van der Waals surface area contributed by atoms with E-state index in [-0.39, 0.29) is 5.28 Å². The summed E-state index contributed by atoms with van der Waals surface area (Å²) in [5.41, 5.74) is 0.637. The third-order valence-corrected chi connectivity index (χ3v) is 5.47. The highest BCUT2D eigenvalue weighted by molar-refractivity contribution is 9.10. The van der Waals surface area contributed by atoms with Gasteiger partial charge in [0, 0.05) is 6.20 Å². The lowest BCUT2D eigenvalue weighted by Crippen LogP contribution is -2.22. The van der Waals surface area contributed by atoms with Crippen LogP contribution in [0.4, 0.5) is 11.5 Å². The molecule has 23 heavy (non-hydrogen) atoms. The number of ether oxygens (including phenoxy) is 2. The summed E-state index contributed by atoms with van der Waals surface area (Å²) in [7, 11) is -2.64. The number of fused-ring (bicyclic) bond motifs is 1. The van der Waals surface area contributed by atoms with Crippen LogP contribution < -0.4 is 20.1 Å². The molecule has 0 radical (unpaired) electrons. The Bertz CT molecular complexity index is 812. The van der Waals surface area contributed by atoms with Crippen LogP contribution in [0.1, 0.15) is 0 Å². The van der Waals surface area contributed by atoms with E-state index in [4.69, 9.17) is 21.1 Å². The van der Waals surface area contributed by atoms with Gasteiger partial charge in [-0.25, -0.2) is 4.98 Å². The van der Waals surface area contributed by atoms with E-state index in [1.807, 2.05) is 0 Å². The first-order chi connectivity index (χ1) is 10.9. The molecule has 2 aromatic rings. The second kappa shape index (κ2) is 6.30. The highest BCUT2D eigenvalue weighted by atomic mass is 79.9. The van der Waals surface area contributed by atoms with Gasteiger partial charge in [0.2, 0.25) is 5.28 Å². The van der Waals surface area contributed by atoms with E-state index < -0.39 is 7.14 Å². The maximum absolute atomic E-state index is 12.8. The van der Waals surface area contributed by atoms with Crippen molar-refractivity contribution in [1.29, 1.82) is 0 Å². The Balaban J connectivity index is 2.12. The van der Waals surface area contributed by atoms with Crippen LogP contribution in [0.25, 0.3) is 0 Å². The highest BCUT2D eigenvalue weighted by Crippen LogP contribution is 2.46. The van der Waals surface area contributed by atoms with Crippen LogP contribution in [0.3, 0.4) is 0 Å². The Morgan fingerprint density at radius 1 is 1.30 bits per heavy atom. The van der Waals surface area contributed by atoms with Gasteiger partial charge < -0.3 is 19.4 Å². The van der Waals surface area contributed by atoms with Gasteiger partial charge in [-0.1, -0.05) is 0 Å². The number of hydrogen-bond acceptors (Lipinski definition) is 6. The minimum Gasteiger partial charge on any atom is -0.486 e. The molecule has 0 amide bonds. The van der Waals surface area contributed by atoms with E-state index in [1.165, 1.54) is 0 Å². The molecular formula is C14H14BrClN3O3P. The first-order valence-electron chi connectivity index (χ1n) is 6.79. The van der Waals surface area contributed by atoms with Crippen molar-refractivity contribution in [3.63, 3.8) is 0 Å². The van der Waals surface area contributed by atoms with Crippen molar-refractivity contribution < 1.29 is 14.0 Å². The Morgan fingerprint density at radius 3 is 2.78 bits per heavy atom.